The molecule has 0 aliphatic carbocycles. The quantitative estimate of drug-likeness (QED) is 0.727. The van der Waals surface area contributed by atoms with E-state index in [0.717, 1.165) is 49.4 Å². The number of amides is 1. The van der Waals surface area contributed by atoms with Gasteiger partial charge < -0.3 is 5.32 Å². The highest BCUT2D eigenvalue weighted by atomic mass is 32.1. The van der Waals surface area contributed by atoms with Crippen molar-refractivity contribution in [2.75, 3.05) is 18.4 Å². The van der Waals surface area contributed by atoms with Crippen LogP contribution in [-0.2, 0) is 11.3 Å². The number of likely N-dealkylation sites (tertiary alicyclic amines) is 1. The minimum Gasteiger partial charge on any atom is -0.326 e. The number of carbonyl (C=O) groups is 1. The van der Waals surface area contributed by atoms with Crippen LogP contribution in [-0.4, -0.2) is 33.9 Å². The SMILES string of the molecule is O=C(Nc1ccc(-c2cscn2)cc1)[C@H]1CCCN(Cc2cccnc2)C1. The number of hydrogen-bond donors (Lipinski definition) is 1. The summed E-state index contributed by atoms with van der Waals surface area (Å²) in [7, 11) is 0. The van der Waals surface area contributed by atoms with E-state index in [0.29, 0.717) is 0 Å². The van der Waals surface area contributed by atoms with Crippen LogP contribution >= 0.6 is 11.3 Å². The minimum atomic E-state index is 0.0219. The lowest BCUT2D eigenvalue weighted by Gasteiger charge is -2.31. The number of nitrogens with zero attached hydrogens (tertiary/aromatic N) is 3. The van der Waals surface area contributed by atoms with Crippen LogP contribution in [0.15, 0.2) is 59.7 Å². The monoisotopic (exact) mass is 378 g/mol. The predicted octanol–water partition coefficient (Wildman–Crippen LogP) is 4.06. The maximum absolute atomic E-state index is 12.7. The van der Waals surface area contributed by atoms with Gasteiger partial charge in [-0.25, -0.2) is 4.98 Å². The smallest absolute Gasteiger partial charge is 0.228 e. The molecular formula is C21H22N4OS. The number of hydrogen-bond acceptors (Lipinski definition) is 5. The van der Waals surface area contributed by atoms with Gasteiger partial charge in [0.1, 0.15) is 0 Å². The van der Waals surface area contributed by atoms with Gasteiger partial charge in [0.25, 0.3) is 0 Å². The maximum atomic E-state index is 12.7. The van der Waals surface area contributed by atoms with Crippen molar-refractivity contribution in [1.82, 2.24) is 14.9 Å². The molecule has 1 aliphatic heterocycles. The van der Waals surface area contributed by atoms with Gasteiger partial charge in [-0.05, 0) is 43.1 Å². The molecule has 1 aliphatic rings. The van der Waals surface area contributed by atoms with Gasteiger partial charge >= 0.3 is 0 Å². The molecular weight excluding hydrogens is 356 g/mol. The van der Waals surface area contributed by atoms with Gasteiger partial charge in [-0.3, -0.25) is 14.7 Å². The number of aromatic nitrogens is 2. The lowest BCUT2D eigenvalue weighted by molar-refractivity contribution is -0.121. The first-order valence-corrected chi connectivity index (χ1v) is 10.1. The molecule has 1 aromatic carbocycles. The lowest BCUT2D eigenvalue weighted by Crippen LogP contribution is -2.40. The molecule has 1 atom stereocenters. The Morgan fingerprint density at radius 1 is 1.26 bits per heavy atom. The Balaban J connectivity index is 1.35. The van der Waals surface area contributed by atoms with Crippen LogP contribution in [0.3, 0.4) is 0 Å². The molecule has 3 heterocycles. The standard InChI is InChI=1S/C21H22N4OS/c26-21(24-19-7-5-17(6-8-19)20-14-27-15-23-20)18-4-2-10-25(13-18)12-16-3-1-9-22-11-16/h1,3,5-9,11,14-15,18H,2,4,10,12-13H2,(H,24,26)/t18-/m0/s1. The molecule has 0 unspecified atom stereocenters. The molecule has 6 heteroatoms. The Hall–Kier alpha value is -2.57. The van der Waals surface area contributed by atoms with Crippen molar-refractivity contribution in [2.24, 2.45) is 5.92 Å². The second-order valence-corrected chi connectivity index (χ2v) is 7.59. The van der Waals surface area contributed by atoms with Gasteiger partial charge in [0.2, 0.25) is 5.91 Å². The summed E-state index contributed by atoms with van der Waals surface area (Å²) in [6.07, 6.45) is 5.66. The van der Waals surface area contributed by atoms with Crippen molar-refractivity contribution < 1.29 is 4.79 Å². The number of piperidine rings is 1. The second kappa shape index (κ2) is 8.41. The van der Waals surface area contributed by atoms with Gasteiger partial charge in [0, 0.05) is 42.1 Å². The highest BCUT2D eigenvalue weighted by molar-refractivity contribution is 7.07. The average molecular weight is 379 g/mol. The molecule has 1 N–H and O–H groups in total. The van der Waals surface area contributed by atoms with Gasteiger partial charge in [0.15, 0.2) is 0 Å². The number of nitrogens with one attached hydrogen (secondary N) is 1. The van der Waals surface area contributed by atoms with Crippen molar-refractivity contribution in [3.63, 3.8) is 0 Å². The zero-order valence-electron chi connectivity index (χ0n) is 15.0. The largest absolute Gasteiger partial charge is 0.326 e. The fourth-order valence-corrected chi connectivity index (χ4v) is 4.05. The molecule has 0 spiro atoms. The van der Waals surface area contributed by atoms with Crippen LogP contribution in [0.1, 0.15) is 18.4 Å². The van der Waals surface area contributed by atoms with Crippen molar-refractivity contribution in [3.8, 4) is 11.3 Å². The summed E-state index contributed by atoms with van der Waals surface area (Å²) >= 11 is 1.58. The van der Waals surface area contributed by atoms with Gasteiger partial charge in [-0.15, -0.1) is 11.3 Å². The Kier molecular flexibility index (Phi) is 5.55. The van der Waals surface area contributed by atoms with Crippen LogP contribution in [0.2, 0.25) is 0 Å². The van der Waals surface area contributed by atoms with E-state index in [1.165, 1.54) is 5.56 Å². The summed E-state index contributed by atoms with van der Waals surface area (Å²) in [5.74, 6) is 0.126. The lowest BCUT2D eigenvalue weighted by atomic mass is 9.96. The number of pyridine rings is 1. The van der Waals surface area contributed by atoms with Crippen LogP contribution < -0.4 is 5.32 Å². The van der Waals surface area contributed by atoms with Gasteiger partial charge in [0.05, 0.1) is 17.1 Å². The summed E-state index contributed by atoms with van der Waals surface area (Å²) in [6.45, 7) is 2.67. The molecule has 27 heavy (non-hydrogen) atoms. The van der Waals surface area contributed by atoms with Gasteiger partial charge in [-0.2, -0.15) is 0 Å². The third kappa shape index (κ3) is 4.59. The van der Waals surface area contributed by atoms with Crippen LogP contribution in [0, 0.1) is 5.92 Å². The normalized spacial score (nSPS) is 17.6. The van der Waals surface area contributed by atoms with E-state index < -0.39 is 0 Å². The minimum absolute atomic E-state index is 0.0219. The van der Waals surface area contributed by atoms with Crippen LogP contribution in [0.25, 0.3) is 11.3 Å². The number of benzene rings is 1. The van der Waals surface area contributed by atoms with E-state index in [1.807, 2.05) is 47.4 Å². The summed E-state index contributed by atoms with van der Waals surface area (Å²) in [6, 6.07) is 11.9. The third-order valence-electron chi connectivity index (χ3n) is 4.89. The Morgan fingerprint density at radius 3 is 2.89 bits per heavy atom. The van der Waals surface area contributed by atoms with E-state index in [4.69, 9.17) is 0 Å². The molecule has 0 bridgehead atoms. The van der Waals surface area contributed by atoms with E-state index in [-0.39, 0.29) is 11.8 Å². The summed E-state index contributed by atoms with van der Waals surface area (Å²) < 4.78 is 0. The number of anilines is 1. The van der Waals surface area contributed by atoms with E-state index in [1.54, 1.807) is 17.5 Å². The van der Waals surface area contributed by atoms with Crippen molar-refractivity contribution in [1.29, 1.82) is 0 Å². The summed E-state index contributed by atoms with van der Waals surface area (Å²) in [5, 5.41) is 5.09. The number of rotatable bonds is 5. The zero-order valence-corrected chi connectivity index (χ0v) is 15.9. The van der Waals surface area contributed by atoms with Crippen molar-refractivity contribution >= 4 is 22.9 Å². The van der Waals surface area contributed by atoms with Crippen LogP contribution in [0.4, 0.5) is 5.69 Å². The first kappa shape index (κ1) is 17.8. The molecule has 0 radical (unpaired) electrons. The highest BCUT2D eigenvalue weighted by Crippen LogP contribution is 2.23. The average Bonchev–Trinajstić information content (AvgIpc) is 3.24. The van der Waals surface area contributed by atoms with Crippen LogP contribution in [0.5, 0.6) is 0 Å². The first-order chi connectivity index (χ1) is 13.3. The Labute approximate surface area is 163 Å². The molecule has 3 aromatic rings. The summed E-state index contributed by atoms with van der Waals surface area (Å²) in [5.41, 5.74) is 5.89. The molecule has 0 saturated carbocycles. The molecule has 1 amide bonds. The zero-order chi connectivity index (χ0) is 18.5. The van der Waals surface area contributed by atoms with Crippen molar-refractivity contribution in [3.05, 3.63) is 65.2 Å². The second-order valence-electron chi connectivity index (χ2n) is 6.88. The molecule has 1 fully saturated rings. The summed E-state index contributed by atoms with van der Waals surface area (Å²) in [4.78, 5) is 23.6. The fraction of sp³-hybridized carbons (Fsp3) is 0.286. The number of carbonyl (C=O) groups excluding carboxylic acids is 1. The fourth-order valence-electron chi connectivity index (χ4n) is 3.49. The topological polar surface area (TPSA) is 58.1 Å². The van der Waals surface area contributed by atoms with E-state index in [9.17, 15) is 4.79 Å². The molecule has 2 aromatic heterocycles. The molecule has 138 valence electrons. The van der Waals surface area contributed by atoms with Crippen molar-refractivity contribution in [2.45, 2.75) is 19.4 Å². The highest BCUT2D eigenvalue weighted by Gasteiger charge is 2.25. The Morgan fingerprint density at radius 2 is 2.15 bits per heavy atom. The Bertz CT molecular complexity index is 865. The number of thiazole rings is 1. The molecule has 5 nitrogen and oxygen atoms in total. The van der Waals surface area contributed by atoms with Gasteiger partial charge in [-0.1, -0.05) is 18.2 Å². The first-order valence-electron chi connectivity index (χ1n) is 9.19. The third-order valence-corrected chi connectivity index (χ3v) is 5.47. The molecule has 4 rings (SSSR count). The van der Waals surface area contributed by atoms with E-state index >= 15 is 0 Å². The predicted molar refractivity (Wildman–Crippen MR) is 108 cm³/mol. The van der Waals surface area contributed by atoms with E-state index in [2.05, 4.69) is 26.3 Å². The maximum Gasteiger partial charge on any atom is 0.228 e. The molecule has 1 saturated heterocycles.